The minimum atomic E-state index is -4.72. The molecule has 9 nitrogen and oxygen atoms in total. The van der Waals surface area contributed by atoms with Crippen LogP contribution in [0.4, 0.5) is 0 Å². The van der Waals surface area contributed by atoms with E-state index >= 15 is 0 Å². The molecule has 1 N–H and O–H groups in total. The fourth-order valence-electron chi connectivity index (χ4n) is 8.43. The number of hydrogen-bond acceptors (Lipinski definition) is 7. The molecule has 0 bridgehead atoms. The lowest BCUT2D eigenvalue weighted by Crippen LogP contribution is -2.47. The predicted molar refractivity (Wildman–Crippen MR) is 316 cm³/mol. The molecule has 0 saturated heterocycles. The molecule has 0 heterocycles. The molecule has 74 heavy (non-hydrogen) atoms. The second-order valence-corrected chi connectivity index (χ2v) is 22.9. The number of amides is 1. The van der Waals surface area contributed by atoms with E-state index in [0.717, 1.165) is 77.0 Å². The van der Waals surface area contributed by atoms with Crippen LogP contribution in [-0.4, -0.2) is 69.4 Å². The van der Waals surface area contributed by atoms with Crippen LogP contribution in [0, 0.1) is 0 Å². The molecular weight excluding hydrogens is 940 g/mol. The minimum absolute atomic E-state index is 0.0353. The van der Waals surface area contributed by atoms with Gasteiger partial charge in [0, 0.05) is 12.8 Å². The Morgan fingerprint density at radius 2 is 0.878 bits per heavy atom. The number of quaternary nitrogens is 1. The van der Waals surface area contributed by atoms with Crippen molar-refractivity contribution in [2.75, 3.05) is 40.9 Å². The lowest BCUT2D eigenvalue weighted by molar-refractivity contribution is -0.870. The number of phosphoric acid groups is 1. The highest BCUT2D eigenvalue weighted by Gasteiger charge is 2.27. The third-order valence-corrected chi connectivity index (χ3v) is 14.1. The quantitative estimate of drug-likeness (QED) is 0.0212. The second-order valence-electron chi connectivity index (χ2n) is 21.5. The van der Waals surface area contributed by atoms with Crippen molar-refractivity contribution < 1.29 is 37.3 Å². The first kappa shape index (κ1) is 71.2. The largest absolute Gasteiger partial charge is 0.756 e. The normalized spacial score (nSPS) is 14.3. The van der Waals surface area contributed by atoms with E-state index in [1.54, 1.807) is 0 Å². The summed E-state index contributed by atoms with van der Waals surface area (Å²) in [5.41, 5.74) is 0. The van der Waals surface area contributed by atoms with Crippen LogP contribution in [0.5, 0.6) is 0 Å². The number of ether oxygens (including phenoxy) is 1. The fraction of sp³-hybridized carbons (Fsp3) is 0.750. The first-order valence-electron chi connectivity index (χ1n) is 30.4. The monoisotopic (exact) mass is 1050 g/mol. The van der Waals surface area contributed by atoms with E-state index in [1.165, 1.54) is 141 Å². The highest BCUT2D eigenvalue weighted by Crippen LogP contribution is 2.38. The first-order valence-corrected chi connectivity index (χ1v) is 31.9. The van der Waals surface area contributed by atoms with Gasteiger partial charge in [-0.2, -0.15) is 0 Å². The SMILES string of the molecule is CC/C=C\C/C=C\C/C=C\C/C=C\C/C=C\C/C=C\CCC(=O)OC(/C=C/CCCCCCCCCCCCC)C(COP(=O)([O-])OCC[N+](C)(C)C)NC(=O)CCCCCCCCCCCCCCCCCC. The van der Waals surface area contributed by atoms with Crippen LogP contribution < -0.4 is 10.2 Å². The molecule has 10 heteroatoms. The zero-order valence-corrected chi connectivity index (χ0v) is 49.7. The zero-order chi connectivity index (χ0) is 54.3. The molecule has 0 aliphatic carbocycles. The maximum Gasteiger partial charge on any atom is 0.306 e. The van der Waals surface area contributed by atoms with Gasteiger partial charge in [0.1, 0.15) is 19.3 Å². The number of carbonyl (C=O) groups is 2. The Hall–Kier alpha value is -2.81. The van der Waals surface area contributed by atoms with Crippen LogP contribution >= 0.6 is 7.82 Å². The van der Waals surface area contributed by atoms with Crippen LogP contribution in [0.15, 0.2) is 85.1 Å². The summed E-state index contributed by atoms with van der Waals surface area (Å²) >= 11 is 0. The van der Waals surface area contributed by atoms with Gasteiger partial charge in [-0.25, -0.2) is 0 Å². The van der Waals surface area contributed by atoms with Gasteiger partial charge in [0.15, 0.2) is 0 Å². The molecule has 0 fully saturated rings. The second kappa shape index (κ2) is 53.6. The zero-order valence-electron chi connectivity index (χ0n) is 48.8. The molecule has 0 aromatic rings. The summed E-state index contributed by atoms with van der Waals surface area (Å²) in [6.07, 6.45) is 69.9. The van der Waals surface area contributed by atoms with Crippen molar-refractivity contribution in [2.45, 2.75) is 270 Å². The smallest absolute Gasteiger partial charge is 0.306 e. The highest BCUT2D eigenvalue weighted by molar-refractivity contribution is 7.45. The third kappa shape index (κ3) is 54.0. The molecule has 3 unspecified atom stereocenters. The molecule has 0 aromatic heterocycles. The summed E-state index contributed by atoms with van der Waals surface area (Å²) in [4.78, 5) is 39.9. The van der Waals surface area contributed by atoms with Crippen molar-refractivity contribution in [3.63, 3.8) is 0 Å². The predicted octanol–water partition coefficient (Wildman–Crippen LogP) is 18.0. The lowest BCUT2D eigenvalue weighted by atomic mass is 10.0. The molecule has 0 saturated carbocycles. The number of nitrogens with one attached hydrogen (secondary N) is 1. The van der Waals surface area contributed by atoms with Crippen LogP contribution in [0.3, 0.4) is 0 Å². The standard InChI is InChI=1S/C64H115N2O7P/c1-7-10-13-16-19-22-25-28-30-32-33-34-36-39-42-45-48-51-54-57-64(68)73-62(55-52-49-46-43-40-37-27-24-21-18-15-12-9-3)61(60-72-74(69,70)71-59-58-66(4,5)6)65-63(67)56-53-50-47-44-41-38-35-31-29-26-23-20-17-14-11-8-2/h10,13,19,22,28,30,33-34,39,42,48,51-52,55,61-62H,7-9,11-12,14-18,20-21,23-27,29,31-32,35-38,40-41,43-47,49-50,53-54,56-60H2,1-6H3,(H-,65,67,69,70)/b13-10-,22-19-,30-28-,34-33-,42-39-,51-48-,55-52+. The molecule has 428 valence electrons. The minimum Gasteiger partial charge on any atom is -0.756 e. The maximum atomic E-state index is 13.5. The van der Waals surface area contributed by atoms with Crippen molar-refractivity contribution in [3.8, 4) is 0 Å². The summed E-state index contributed by atoms with van der Waals surface area (Å²) in [6, 6.07) is -0.920. The topological polar surface area (TPSA) is 114 Å². The summed E-state index contributed by atoms with van der Waals surface area (Å²) in [5, 5.41) is 3.01. The summed E-state index contributed by atoms with van der Waals surface area (Å²) in [6.45, 7) is 6.69. The molecule has 3 atom stereocenters. The van der Waals surface area contributed by atoms with E-state index in [2.05, 4.69) is 86.8 Å². The van der Waals surface area contributed by atoms with Crippen molar-refractivity contribution in [1.82, 2.24) is 5.32 Å². The fourth-order valence-corrected chi connectivity index (χ4v) is 9.15. The molecule has 1 amide bonds. The van der Waals surface area contributed by atoms with Crippen molar-refractivity contribution >= 4 is 19.7 Å². The Morgan fingerprint density at radius 3 is 1.30 bits per heavy atom. The Morgan fingerprint density at radius 1 is 0.486 bits per heavy atom. The van der Waals surface area contributed by atoms with Crippen molar-refractivity contribution in [1.29, 1.82) is 0 Å². The molecule has 0 radical (unpaired) electrons. The van der Waals surface area contributed by atoms with E-state index < -0.39 is 32.5 Å². The van der Waals surface area contributed by atoms with Gasteiger partial charge in [-0.1, -0.05) is 260 Å². The van der Waals surface area contributed by atoms with Gasteiger partial charge in [-0.15, -0.1) is 0 Å². The van der Waals surface area contributed by atoms with Gasteiger partial charge < -0.3 is 28.5 Å². The van der Waals surface area contributed by atoms with Crippen molar-refractivity contribution in [2.24, 2.45) is 0 Å². The number of unbranched alkanes of at least 4 members (excludes halogenated alkanes) is 26. The number of rotatable bonds is 54. The van der Waals surface area contributed by atoms with Gasteiger partial charge in [0.05, 0.1) is 33.8 Å². The summed E-state index contributed by atoms with van der Waals surface area (Å²) in [7, 11) is 1.14. The Balaban J connectivity index is 5.43. The van der Waals surface area contributed by atoms with Crippen molar-refractivity contribution in [3.05, 3.63) is 85.1 Å². The van der Waals surface area contributed by atoms with Gasteiger partial charge in [-0.05, 0) is 70.3 Å². The van der Waals surface area contributed by atoms with Gasteiger partial charge in [0.2, 0.25) is 5.91 Å². The summed E-state index contributed by atoms with van der Waals surface area (Å²) < 4.78 is 30.2. The Kier molecular flexibility index (Phi) is 51.5. The van der Waals surface area contributed by atoms with Gasteiger partial charge >= 0.3 is 5.97 Å². The third-order valence-electron chi connectivity index (χ3n) is 13.1. The average molecular weight is 1060 g/mol. The number of allylic oxidation sites excluding steroid dienone is 13. The van der Waals surface area contributed by atoms with Crippen LogP contribution in [0.25, 0.3) is 0 Å². The average Bonchev–Trinajstić information content (AvgIpc) is 3.36. The van der Waals surface area contributed by atoms with E-state index in [1.807, 2.05) is 45.4 Å². The number of esters is 1. The van der Waals surface area contributed by atoms with E-state index in [0.29, 0.717) is 23.9 Å². The van der Waals surface area contributed by atoms with E-state index in [-0.39, 0.29) is 18.9 Å². The van der Waals surface area contributed by atoms with Gasteiger partial charge in [-0.3, -0.25) is 14.2 Å². The molecule has 0 aliphatic heterocycles. The number of hydrogen-bond donors (Lipinski definition) is 1. The van der Waals surface area contributed by atoms with E-state index in [4.69, 9.17) is 13.8 Å². The van der Waals surface area contributed by atoms with Crippen LogP contribution in [0.2, 0.25) is 0 Å². The van der Waals surface area contributed by atoms with Crippen LogP contribution in [0.1, 0.15) is 258 Å². The Bertz CT molecular complexity index is 1540. The molecule has 0 rings (SSSR count). The lowest BCUT2D eigenvalue weighted by Gasteiger charge is -2.30. The molecule has 0 aromatic carbocycles. The molecular formula is C64H115N2O7P. The number of carbonyl (C=O) groups excluding carboxylic acids is 2. The molecule has 0 spiro atoms. The number of nitrogens with zero attached hydrogens (tertiary/aromatic N) is 1. The highest BCUT2D eigenvalue weighted by atomic mass is 31.2. The summed E-state index contributed by atoms with van der Waals surface area (Å²) in [5.74, 6) is -0.635. The maximum absolute atomic E-state index is 13.5. The van der Waals surface area contributed by atoms with Crippen LogP contribution in [-0.2, 0) is 27.9 Å². The molecule has 0 aliphatic rings. The first-order chi connectivity index (χ1) is 35.9. The van der Waals surface area contributed by atoms with E-state index in [9.17, 15) is 19.0 Å². The van der Waals surface area contributed by atoms with Gasteiger partial charge in [0.25, 0.3) is 7.82 Å². The number of phosphoric ester groups is 1. The Labute approximate surface area is 456 Å². The number of likely N-dealkylation sites (N-methyl/N-ethyl adjacent to an activating group) is 1.